The second-order valence-corrected chi connectivity index (χ2v) is 9.08. The molecular weight excluding hydrogens is 420 g/mol. The maximum absolute atomic E-state index is 12.9. The molecule has 2 heterocycles. The predicted molar refractivity (Wildman–Crippen MR) is 126 cm³/mol. The molecule has 1 aliphatic carbocycles. The molecule has 1 fully saturated rings. The number of hydrogen-bond acceptors (Lipinski definition) is 4. The van der Waals surface area contributed by atoms with Crippen LogP contribution in [-0.4, -0.2) is 39.2 Å². The van der Waals surface area contributed by atoms with E-state index in [9.17, 15) is 9.59 Å². The van der Waals surface area contributed by atoms with Gasteiger partial charge in [-0.2, -0.15) is 0 Å². The highest BCUT2D eigenvalue weighted by atomic mass is 32.1. The summed E-state index contributed by atoms with van der Waals surface area (Å²) in [4.78, 5) is 32.3. The van der Waals surface area contributed by atoms with E-state index in [2.05, 4.69) is 5.32 Å². The van der Waals surface area contributed by atoms with Crippen molar-refractivity contribution in [1.82, 2.24) is 19.6 Å². The third-order valence-corrected chi connectivity index (χ3v) is 6.55. The molecule has 1 saturated carbocycles. The smallest absolute Gasteiger partial charge is 0.251 e. The zero-order valence-electron chi connectivity index (χ0n) is 17.8. The van der Waals surface area contributed by atoms with Gasteiger partial charge in [-0.3, -0.25) is 14.0 Å². The number of thiazole rings is 1. The molecule has 5 rings (SSSR count). The summed E-state index contributed by atoms with van der Waals surface area (Å²) >= 11 is 1.54. The number of carbonyl (C=O) groups excluding carboxylic acids is 2. The van der Waals surface area contributed by atoms with Crippen molar-refractivity contribution in [3.63, 3.8) is 0 Å². The second kappa shape index (κ2) is 8.59. The van der Waals surface area contributed by atoms with Crippen LogP contribution in [0.25, 0.3) is 16.2 Å². The van der Waals surface area contributed by atoms with Crippen molar-refractivity contribution in [2.24, 2.45) is 0 Å². The highest BCUT2D eigenvalue weighted by molar-refractivity contribution is 7.15. The van der Waals surface area contributed by atoms with Gasteiger partial charge in [-0.1, -0.05) is 42.5 Å². The van der Waals surface area contributed by atoms with Gasteiger partial charge in [0.05, 0.1) is 12.1 Å². The molecule has 0 spiro atoms. The van der Waals surface area contributed by atoms with Gasteiger partial charge in [0, 0.05) is 48.0 Å². The number of likely N-dealkylation sites (N-methyl/N-ethyl adjacent to an activating group) is 1. The predicted octanol–water partition coefficient (Wildman–Crippen LogP) is 4.16. The molecule has 0 radical (unpaired) electrons. The number of aromatic nitrogens is 2. The van der Waals surface area contributed by atoms with Crippen molar-refractivity contribution in [2.75, 3.05) is 7.05 Å². The van der Waals surface area contributed by atoms with E-state index in [4.69, 9.17) is 4.98 Å². The van der Waals surface area contributed by atoms with Crippen LogP contribution in [0.5, 0.6) is 0 Å². The Kier molecular flexibility index (Phi) is 5.49. The summed E-state index contributed by atoms with van der Waals surface area (Å²) in [6.45, 7) is 0.496. The Morgan fingerprint density at radius 2 is 1.88 bits per heavy atom. The first kappa shape index (κ1) is 20.5. The number of benzene rings is 2. The number of nitrogens with one attached hydrogen (secondary N) is 1. The molecule has 2 aromatic carbocycles. The van der Waals surface area contributed by atoms with Gasteiger partial charge >= 0.3 is 0 Å². The molecule has 0 bridgehead atoms. The van der Waals surface area contributed by atoms with Crippen LogP contribution in [0, 0.1) is 0 Å². The van der Waals surface area contributed by atoms with Crippen LogP contribution in [0.3, 0.4) is 0 Å². The van der Waals surface area contributed by atoms with E-state index in [0.29, 0.717) is 24.6 Å². The average Bonchev–Trinajstić information content (AvgIpc) is 3.39. The molecule has 0 aliphatic heterocycles. The second-order valence-electron chi connectivity index (χ2n) is 8.24. The zero-order chi connectivity index (χ0) is 22.1. The van der Waals surface area contributed by atoms with Gasteiger partial charge in [0.25, 0.3) is 5.91 Å². The van der Waals surface area contributed by atoms with Gasteiger partial charge in [-0.25, -0.2) is 4.98 Å². The topological polar surface area (TPSA) is 66.7 Å². The molecular formula is C25H24N4O2S. The summed E-state index contributed by atoms with van der Waals surface area (Å²) in [6, 6.07) is 17.9. The van der Waals surface area contributed by atoms with Crippen molar-refractivity contribution < 1.29 is 9.59 Å². The highest BCUT2D eigenvalue weighted by Crippen LogP contribution is 2.24. The summed E-state index contributed by atoms with van der Waals surface area (Å²) in [5, 5.41) is 4.99. The first-order chi connectivity index (χ1) is 15.6. The Labute approximate surface area is 190 Å². The fourth-order valence-corrected chi connectivity index (χ4v) is 4.49. The standard InChI is InChI=1S/C25H24N4O2S/c1-28(14-17-7-9-19(10-8-17)24(31)26-20-11-12-20)23(30)13-21-16-32-25-27-22(15-29(21)25)18-5-3-2-4-6-18/h2-10,15-16,20H,11-14H2,1H3,(H,26,31). The maximum atomic E-state index is 12.9. The van der Waals surface area contributed by atoms with Crippen LogP contribution in [0.15, 0.2) is 66.2 Å². The van der Waals surface area contributed by atoms with Crippen molar-refractivity contribution in [1.29, 1.82) is 0 Å². The molecule has 2 amide bonds. The number of nitrogens with zero attached hydrogens (tertiary/aromatic N) is 3. The number of amides is 2. The summed E-state index contributed by atoms with van der Waals surface area (Å²) in [5.74, 6) is 0.00961. The highest BCUT2D eigenvalue weighted by Gasteiger charge is 2.23. The minimum Gasteiger partial charge on any atom is -0.349 e. The van der Waals surface area contributed by atoms with Crippen LogP contribution < -0.4 is 5.32 Å². The monoisotopic (exact) mass is 444 g/mol. The molecule has 162 valence electrons. The Hall–Kier alpha value is -3.45. The lowest BCUT2D eigenvalue weighted by atomic mass is 10.1. The molecule has 1 N–H and O–H groups in total. The van der Waals surface area contributed by atoms with E-state index in [1.54, 1.807) is 16.2 Å². The molecule has 7 heteroatoms. The lowest BCUT2D eigenvalue weighted by Crippen LogP contribution is -2.28. The van der Waals surface area contributed by atoms with Gasteiger partial charge < -0.3 is 10.2 Å². The Morgan fingerprint density at radius 1 is 1.12 bits per heavy atom. The average molecular weight is 445 g/mol. The van der Waals surface area contributed by atoms with E-state index in [1.807, 2.05) is 77.6 Å². The maximum Gasteiger partial charge on any atom is 0.251 e. The minimum absolute atomic E-state index is 0.0276. The van der Waals surface area contributed by atoms with E-state index >= 15 is 0 Å². The quantitative estimate of drug-likeness (QED) is 0.466. The molecule has 0 atom stereocenters. The summed E-state index contributed by atoms with van der Waals surface area (Å²) < 4.78 is 2.01. The van der Waals surface area contributed by atoms with Crippen LogP contribution in [0.2, 0.25) is 0 Å². The molecule has 4 aromatic rings. The van der Waals surface area contributed by atoms with Crippen molar-refractivity contribution in [3.8, 4) is 11.3 Å². The van der Waals surface area contributed by atoms with Gasteiger partial charge in [0.15, 0.2) is 4.96 Å². The largest absolute Gasteiger partial charge is 0.349 e. The van der Waals surface area contributed by atoms with Gasteiger partial charge in [0.2, 0.25) is 5.91 Å². The van der Waals surface area contributed by atoms with Crippen molar-refractivity contribution in [3.05, 3.63) is 83.0 Å². The fraction of sp³-hybridized carbons (Fsp3) is 0.240. The molecule has 2 aromatic heterocycles. The number of rotatable bonds is 7. The van der Waals surface area contributed by atoms with E-state index in [1.165, 1.54) is 0 Å². The third-order valence-electron chi connectivity index (χ3n) is 5.66. The van der Waals surface area contributed by atoms with E-state index < -0.39 is 0 Å². The molecule has 1 aliphatic rings. The lowest BCUT2D eigenvalue weighted by molar-refractivity contribution is -0.129. The van der Waals surface area contributed by atoms with Gasteiger partial charge in [-0.15, -0.1) is 11.3 Å². The van der Waals surface area contributed by atoms with Crippen LogP contribution in [-0.2, 0) is 17.8 Å². The summed E-state index contributed by atoms with van der Waals surface area (Å²) in [6.07, 6.45) is 4.44. The van der Waals surface area contributed by atoms with Crippen LogP contribution in [0.1, 0.15) is 34.5 Å². The lowest BCUT2D eigenvalue weighted by Gasteiger charge is -2.17. The number of carbonyl (C=O) groups is 2. The SMILES string of the molecule is CN(Cc1ccc(C(=O)NC2CC2)cc1)C(=O)Cc1csc2nc(-c3ccccc3)cn12. The number of imidazole rings is 1. The van der Waals surface area contributed by atoms with Gasteiger partial charge in [-0.05, 0) is 30.5 Å². The minimum atomic E-state index is -0.0276. The Bertz CT molecular complexity index is 1260. The van der Waals surface area contributed by atoms with Crippen LogP contribution >= 0.6 is 11.3 Å². The summed E-state index contributed by atoms with van der Waals surface area (Å²) in [5.41, 5.74) is 4.55. The normalized spacial score (nSPS) is 13.3. The first-order valence-corrected chi connectivity index (χ1v) is 11.6. The first-order valence-electron chi connectivity index (χ1n) is 10.7. The van der Waals surface area contributed by atoms with E-state index in [-0.39, 0.29) is 11.8 Å². The zero-order valence-corrected chi connectivity index (χ0v) is 18.6. The molecule has 32 heavy (non-hydrogen) atoms. The Morgan fingerprint density at radius 3 is 2.59 bits per heavy atom. The third kappa shape index (κ3) is 4.43. The number of fused-ring (bicyclic) bond motifs is 1. The summed E-state index contributed by atoms with van der Waals surface area (Å²) in [7, 11) is 1.81. The Balaban J connectivity index is 1.23. The van der Waals surface area contributed by atoms with Crippen molar-refractivity contribution >= 4 is 28.1 Å². The molecule has 0 saturated heterocycles. The number of hydrogen-bond donors (Lipinski definition) is 1. The van der Waals surface area contributed by atoms with Crippen LogP contribution in [0.4, 0.5) is 0 Å². The van der Waals surface area contributed by atoms with Crippen molar-refractivity contribution in [2.45, 2.75) is 31.8 Å². The van der Waals surface area contributed by atoms with E-state index in [0.717, 1.165) is 40.3 Å². The fourth-order valence-electron chi connectivity index (χ4n) is 3.61. The van der Waals surface area contributed by atoms with Gasteiger partial charge in [0.1, 0.15) is 0 Å². The molecule has 0 unspecified atom stereocenters. The molecule has 6 nitrogen and oxygen atoms in total.